The molecule has 0 aliphatic rings. The highest BCUT2D eigenvalue weighted by Crippen LogP contribution is 2.12. The number of halogens is 1. The van der Waals surface area contributed by atoms with Gasteiger partial charge in [-0.2, -0.15) is 0 Å². The summed E-state index contributed by atoms with van der Waals surface area (Å²) in [5.74, 6) is -0.372. The van der Waals surface area contributed by atoms with Crippen LogP contribution in [0.25, 0.3) is 0 Å². The second kappa shape index (κ2) is 8.69. The van der Waals surface area contributed by atoms with Crippen LogP contribution in [-0.4, -0.2) is 30.2 Å². The van der Waals surface area contributed by atoms with E-state index >= 15 is 0 Å². The van der Waals surface area contributed by atoms with E-state index in [-0.39, 0.29) is 5.91 Å². The molecule has 0 unspecified atom stereocenters. The van der Waals surface area contributed by atoms with E-state index in [1.807, 2.05) is 18.2 Å². The van der Waals surface area contributed by atoms with Crippen LogP contribution in [0.15, 0.2) is 36.4 Å². The van der Waals surface area contributed by atoms with Crippen LogP contribution in [0.4, 0.5) is 0 Å². The zero-order valence-corrected chi connectivity index (χ0v) is 11.4. The van der Waals surface area contributed by atoms with Gasteiger partial charge in [0.25, 0.3) is 0 Å². The number of nitrogens with two attached hydrogens (primary N) is 1. The Labute approximate surface area is 118 Å². The van der Waals surface area contributed by atoms with Gasteiger partial charge in [-0.3, -0.25) is 4.79 Å². The van der Waals surface area contributed by atoms with Crippen LogP contribution in [-0.2, 0) is 11.2 Å². The van der Waals surface area contributed by atoms with Crippen LogP contribution in [0.3, 0.4) is 0 Å². The highest BCUT2D eigenvalue weighted by atomic mass is 35.5. The Kier molecular flexibility index (Phi) is 7.18. The standard InChI is InChI=1S/C14H19ClN2O2/c15-12-5-3-4-11(10-12)6-7-13(18)14(19)17-9-2-1-8-16/h1-5,10,13,18H,6-9,16H2,(H,17,19)/b2-1+/t13-/m1/s1. The molecule has 0 spiro atoms. The number of carbonyl (C=O) groups excluding carboxylic acids is 1. The summed E-state index contributed by atoms with van der Waals surface area (Å²) in [6, 6.07) is 7.39. The number of carbonyl (C=O) groups is 1. The minimum atomic E-state index is -1.01. The van der Waals surface area contributed by atoms with Crippen LogP contribution >= 0.6 is 11.6 Å². The lowest BCUT2D eigenvalue weighted by Gasteiger charge is -2.10. The molecule has 0 aromatic heterocycles. The Bertz CT molecular complexity index is 435. The molecule has 0 heterocycles. The Hall–Kier alpha value is -1.36. The van der Waals surface area contributed by atoms with Crippen molar-refractivity contribution in [3.05, 3.63) is 47.0 Å². The average Bonchev–Trinajstić information content (AvgIpc) is 2.41. The van der Waals surface area contributed by atoms with Crippen LogP contribution in [0.1, 0.15) is 12.0 Å². The normalized spacial score (nSPS) is 12.6. The summed E-state index contributed by atoms with van der Waals surface area (Å²) in [4.78, 5) is 11.5. The van der Waals surface area contributed by atoms with E-state index in [1.165, 1.54) is 0 Å². The molecule has 4 nitrogen and oxygen atoms in total. The molecule has 0 saturated carbocycles. The van der Waals surface area contributed by atoms with Gasteiger partial charge in [0.15, 0.2) is 0 Å². The van der Waals surface area contributed by atoms with Crippen molar-refractivity contribution >= 4 is 17.5 Å². The summed E-state index contributed by atoms with van der Waals surface area (Å²) < 4.78 is 0. The van der Waals surface area contributed by atoms with Gasteiger partial charge in [-0.15, -0.1) is 0 Å². The molecule has 0 aliphatic heterocycles. The first-order valence-electron chi connectivity index (χ1n) is 6.18. The summed E-state index contributed by atoms with van der Waals surface area (Å²) in [6.07, 6.45) is 3.46. The van der Waals surface area contributed by atoms with Crippen molar-refractivity contribution in [1.29, 1.82) is 0 Å². The van der Waals surface area contributed by atoms with Crippen LogP contribution < -0.4 is 11.1 Å². The first kappa shape index (κ1) is 15.7. The lowest BCUT2D eigenvalue weighted by Crippen LogP contribution is -2.34. The lowest BCUT2D eigenvalue weighted by molar-refractivity contribution is -0.129. The molecule has 1 rings (SSSR count). The van der Waals surface area contributed by atoms with Gasteiger partial charge in [0, 0.05) is 18.1 Å². The fourth-order valence-electron chi connectivity index (χ4n) is 1.58. The van der Waals surface area contributed by atoms with Crippen LogP contribution in [0, 0.1) is 0 Å². The van der Waals surface area contributed by atoms with E-state index in [0.717, 1.165) is 5.56 Å². The van der Waals surface area contributed by atoms with Gasteiger partial charge in [0.1, 0.15) is 6.10 Å². The summed E-state index contributed by atoms with van der Waals surface area (Å²) in [5.41, 5.74) is 6.27. The molecule has 19 heavy (non-hydrogen) atoms. The quantitative estimate of drug-likeness (QED) is 0.659. The number of aryl methyl sites for hydroxylation is 1. The Morgan fingerprint density at radius 1 is 1.47 bits per heavy atom. The topological polar surface area (TPSA) is 75.3 Å². The molecule has 0 fully saturated rings. The molecule has 104 valence electrons. The smallest absolute Gasteiger partial charge is 0.249 e. The van der Waals surface area contributed by atoms with Crippen molar-refractivity contribution in [2.45, 2.75) is 18.9 Å². The average molecular weight is 283 g/mol. The second-order valence-electron chi connectivity index (χ2n) is 4.14. The molecule has 0 bridgehead atoms. The van der Waals surface area contributed by atoms with Crippen molar-refractivity contribution < 1.29 is 9.90 Å². The molecule has 4 N–H and O–H groups in total. The van der Waals surface area contributed by atoms with Crippen molar-refractivity contribution in [2.75, 3.05) is 13.1 Å². The lowest BCUT2D eigenvalue weighted by atomic mass is 10.1. The van der Waals surface area contributed by atoms with Crippen molar-refractivity contribution in [1.82, 2.24) is 5.32 Å². The Morgan fingerprint density at radius 3 is 2.95 bits per heavy atom. The van der Waals surface area contributed by atoms with Crippen molar-refractivity contribution in [3.63, 3.8) is 0 Å². The molecule has 0 saturated heterocycles. The van der Waals surface area contributed by atoms with E-state index in [4.69, 9.17) is 17.3 Å². The van der Waals surface area contributed by atoms with Gasteiger partial charge in [-0.1, -0.05) is 35.9 Å². The fourth-order valence-corrected chi connectivity index (χ4v) is 1.80. The van der Waals surface area contributed by atoms with E-state index in [9.17, 15) is 9.90 Å². The molecule has 1 atom stereocenters. The highest BCUT2D eigenvalue weighted by molar-refractivity contribution is 6.30. The van der Waals surface area contributed by atoms with E-state index in [2.05, 4.69) is 5.32 Å². The summed E-state index contributed by atoms with van der Waals surface area (Å²) in [7, 11) is 0. The molecule has 1 aromatic rings. The summed E-state index contributed by atoms with van der Waals surface area (Å²) >= 11 is 5.86. The number of aliphatic hydroxyl groups excluding tert-OH is 1. The molecular weight excluding hydrogens is 264 g/mol. The highest BCUT2D eigenvalue weighted by Gasteiger charge is 2.13. The zero-order valence-electron chi connectivity index (χ0n) is 10.7. The predicted octanol–water partition coefficient (Wildman–Crippen LogP) is 1.26. The fraction of sp³-hybridized carbons (Fsp3) is 0.357. The number of hydrogen-bond acceptors (Lipinski definition) is 3. The maximum absolute atomic E-state index is 11.5. The predicted molar refractivity (Wildman–Crippen MR) is 77.0 cm³/mol. The maximum Gasteiger partial charge on any atom is 0.249 e. The number of aliphatic hydroxyl groups is 1. The van der Waals surface area contributed by atoms with Gasteiger partial charge in [-0.05, 0) is 30.5 Å². The number of nitrogens with one attached hydrogen (secondary N) is 1. The first-order valence-corrected chi connectivity index (χ1v) is 6.56. The summed E-state index contributed by atoms with van der Waals surface area (Å²) in [5, 5.41) is 13.0. The molecular formula is C14H19ClN2O2. The minimum absolute atomic E-state index is 0.368. The monoisotopic (exact) mass is 282 g/mol. The van der Waals surface area contributed by atoms with E-state index in [1.54, 1.807) is 18.2 Å². The molecule has 5 heteroatoms. The zero-order chi connectivity index (χ0) is 14.1. The van der Waals surface area contributed by atoms with Gasteiger partial charge in [0.05, 0.1) is 0 Å². The third kappa shape index (κ3) is 6.38. The second-order valence-corrected chi connectivity index (χ2v) is 4.57. The maximum atomic E-state index is 11.5. The number of amides is 1. The van der Waals surface area contributed by atoms with Crippen molar-refractivity contribution in [2.24, 2.45) is 5.73 Å². The van der Waals surface area contributed by atoms with Gasteiger partial charge < -0.3 is 16.2 Å². The number of rotatable bonds is 7. The summed E-state index contributed by atoms with van der Waals surface area (Å²) in [6.45, 7) is 0.817. The van der Waals surface area contributed by atoms with Crippen LogP contribution in [0.2, 0.25) is 5.02 Å². The Balaban J connectivity index is 2.32. The molecule has 1 aromatic carbocycles. The largest absolute Gasteiger partial charge is 0.383 e. The minimum Gasteiger partial charge on any atom is -0.383 e. The van der Waals surface area contributed by atoms with E-state index < -0.39 is 6.10 Å². The molecule has 1 amide bonds. The molecule has 0 aliphatic carbocycles. The first-order chi connectivity index (χ1) is 9.13. The third-order valence-corrected chi connectivity index (χ3v) is 2.83. The molecule has 0 radical (unpaired) electrons. The van der Waals surface area contributed by atoms with Gasteiger partial charge in [-0.25, -0.2) is 0 Å². The third-order valence-electron chi connectivity index (χ3n) is 2.60. The van der Waals surface area contributed by atoms with E-state index in [0.29, 0.717) is 31.0 Å². The SMILES string of the molecule is NC/C=C/CNC(=O)[C@H](O)CCc1cccc(Cl)c1. The van der Waals surface area contributed by atoms with Gasteiger partial charge in [0.2, 0.25) is 5.91 Å². The van der Waals surface area contributed by atoms with Gasteiger partial charge >= 0.3 is 0 Å². The van der Waals surface area contributed by atoms with Crippen LogP contribution in [0.5, 0.6) is 0 Å². The van der Waals surface area contributed by atoms with Crippen molar-refractivity contribution in [3.8, 4) is 0 Å². The number of hydrogen-bond donors (Lipinski definition) is 3. The Morgan fingerprint density at radius 2 is 2.26 bits per heavy atom. The number of benzene rings is 1.